The van der Waals surface area contributed by atoms with E-state index >= 15 is 0 Å². The molecular formula is C12H22N4O3. The fourth-order valence-electron chi connectivity index (χ4n) is 1.86. The summed E-state index contributed by atoms with van der Waals surface area (Å²) in [5.41, 5.74) is 4.86. The van der Waals surface area contributed by atoms with Gasteiger partial charge >= 0.3 is 6.09 Å². The number of carbonyl (C=O) groups is 2. The van der Waals surface area contributed by atoms with Gasteiger partial charge in [-0.25, -0.2) is 4.79 Å². The monoisotopic (exact) mass is 270 g/mol. The third kappa shape index (κ3) is 5.25. The second kappa shape index (κ2) is 6.01. The van der Waals surface area contributed by atoms with Crippen molar-refractivity contribution in [3.63, 3.8) is 0 Å². The second-order valence-electron chi connectivity index (χ2n) is 5.61. The predicted octanol–water partition coefficient (Wildman–Crippen LogP) is 0.447. The molecule has 0 unspecified atom stereocenters. The van der Waals surface area contributed by atoms with Gasteiger partial charge < -0.3 is 10.5 Å². The Balaban J connectivity index is 2.52. The number of amides is 2. The molecule has 1 heterocycles. The molecule has 0 aromatic carbocycles. The molecule has 2 amide bonds. The number of guanidine groups is 1. The lowest BCUT2D eigenvalue weighted by atomic mass is 10.2. The Morgan fingerprint density at radius 3 is 2.53 bits per heavy atom. The fraction of sp³-hybridized carbons (Fsp3) is 0.750. The highest BCUT2D eigenvalue weighted by molar-refractivity contribution is 6.01. The van der Waals surface area contributed by atoms with Crippen molar-refractivity contribution < 1.29 is 14.3 Å². The number of rotatable bonds is 1. The van der Waals surface area contributed by atoms with E-state index in [4.69, 9.17) is 10.5 Å². The molecule has 0 radical (unpaired) electrons. The molecule has 3 N–H and O–H groups in total. The fourth-order valence-corrected chi connectivity index (χ4v) is 1.86. The lowest BCUT2D eigenvalue weighted by molar-refractivity contribution is -0.123. The minimum absolute atomic E-state index is 0.215. The van der Waals surface area contributed by atoms with Crippen LogP contribution in [0.15, 0.2) is 4.99 Å². The Morgan fingerprint density at radius 1 is 1.42 bits per heavy atom. The van der Waals surface area contributed by atoms with Crippen molar-refractivity contribution in [2.24, 2.45) is 10.7 Å². The zero-order valence-electron chi connectivity index (χ0n) is 11.9. The SMILES string of the molecule is CN1CCC[C@H]1C(=O)NC(N)=NC(=O)OC(C)(C)C. The predicted molar refractivity (Wildman–Crippen MR) is 71.7 cm³/mol. The number of nitrogens with one attached hydrogen (secondary N) is 1. The first kappa shape index (κ1) is 15.4. The summed E-state index contributed by atoms with van der Waals surface area (Å²) in [7, 11) is 1.87. The average molecular weight is 270 g/mol. The van der Waals surface area contributed by atoms with Crippen molar-refractivity contribution in [2.75, 3.05) is 13.6 Å². The second-order valence-corrected chi connectivity index (χ2v) is 5.61. The number of ether oxygens (including phenoxy) is 1. The maximum Gasteiger partial charge on any atom is 0.437 e. The van der Waals surface area contributed by atoms with Crippen LogP contribution in [0.3, 0.4) is 0 Å². The van der Waals surface area contributed by atoms with Gasteiger partial charge in [0.2, 0.25) is 11.9 Å². The Hall–Kier alpha value is -1.63. The van der Waals surface area contributed by atoms with Crippen molar-refractivity contribution in [3.8, 4) is 0 Å². The van der Waals surface area contributed by atoms with Crippen LogP contribution >= 0.6 is 0 Å². The molecule has 7 heteroatoms. The van der Waals surface area contributed by atoms with Crippen molar-refractivity contribution in [3.05, 3.63) is 0 Å². The van der Waals surface area contributed by atoms with Gasteiger partial charge in [-0.15, -0.1) is 4.99 Å². The molecule has 1 rings (SSSR count). The summed E-state index contributed by atoms with van der Waals surface area (Å²) in [5, 5.41) is 2.42. The van der Waals surface area contributed by atoms with E-state index in [1.54, 1.807) is 20.8 Å². The van der Waals surface area contributed by atoms with E-state index in [2.05, 4.69) is 10.3 Å². The molecule has 108 valence electrons. The average Bonchev–Trinajstić information content (AvgIpc) is 2.60. The standard InChI is InChI=1S/C12H22N4O3/c1-12(2,3)19-11(18)15-10(13)14-9(17)8-6-5-7-16(8)4/h8H,5-7H2,1-4H3,(H3,13,14,15,17,18)/t8-/m0/s1. The highest BCUT2D eigenvalue weighted by Crippen LogP contribution is 2.14. The maximum atomic E-state index is 11.9. The lowest BCUT2D eigenvalue weighted by Crippen LogP contribution is -2.47. The van der Waals surface area contributed by atoms with E-state index in [9.17, 15) is 9.59 Å². The number of likely N-dealkylation sites (tertiary alicyclic amines) is 1. The van der Waals surface area contributed by atoms with E-state index in [-0.39, 0.29) is 17.9 Å². The summed E-state index contributed by atoms with van der Waals surface area (Å²) in [4.78, 5) is 28.7. The molecule has 1 saturated heterocycles. The normalized spacial score (nSPS) is 21.3. The zero-order valence-corrected chi connectivity index (χ0v) is 11.9. The van der Waals surface area contributed by atoms with Gasteiger partial charge in [-0.05, 0) is 47.2 Å². The van der Waals surface area contributed by atoms with Crippen molar-refractivity contribution in [1.29, 1.82) is 0 Å². The van der Waals surface area contributed by atoms with Crippen LogP contribution in [0.5, 0.6) is 0 Å². The van der Waals surface area contributed by atoms with Crippen LogP contribution in [0.1, 0.15) is 33.6 Å². The van der Waals surface area contributed by atoms with Gasteiger partial charge in [0.1, 0.15) is 5.60 Å². The van der Waals surface area contributed by atoms with Crippen molar-refractivity contribution in [1.82, 2.24) is 10.2 Å². The molecule has 0 bridgehead atoms. The van der Waals surface area contributed by atoms with Gasteiger partial charge in [0.15, 0.2) is 0 Å². The van der Waals surface area contributed by atoms with E-state index in [0.29, 0.717) is 0 Å². The summed E-state index contributed by atoms with van der Waals surface area (Å²) in [6, 6.07) is -0.215. The molecule has 7 nitrogen and oxygen atoms in total. The van der Waals surface area contributed by atoms with Gasteiger partial charge in [0.05, 0.1) is 6.04 Å². The minimum Gasteiger partial charge on any atom is -0.442 e. The number of hydrogen-bond acceptors (Lipinski definition) is 4. The Labute approximate surface area is 113 Å². The van der Waals surface area contributed by atoms with Crippen LogP contribution in [0.25, 0.3) is 0 Å². The Kier molecular flexibility index (Phi) is 4.88. The molecule has 1 fully saturated rings. The largest absolute Gasteiger partial charge is 0.442 e. The van der Waals surface area contributed by atoms with Crippen LogP contribution in [0, 0.1) is 0 Å². The molecule has 1 aliphatic rings. The van der Waals surface area contributed by atoms with Crippen LogP contribution in [-0.2, 0) is 9.53 Å². The summed E-state index contributed by atoms with van der Waals surface area (Å²) < 4.78 is 4.97. The van der Waals surface area contributed by atoms with Crippen LogP contribution in [-0.4, -0.2) is 48.1 Å². The van der Waals surface area contributed by atoms with Gasteiger partial charge in [-0.1, -0.05) is 0 Å². The van der Waals surface area contributed by atoms with Gasteiger partial charge in [0, 0.05) is 0 Å². The van der Waals surface area contributed by atoms with E-state index < -0.39 is 11.7 Å². The van der Waals surface area contributed by atoms with E-state index in [1.807, 2.05) is 11.9 Å². The molecule has 19 heavy (non-hydrogen) atoms. The maximum absolute atomic E-state index is 11.9. The number of aliphatic imine (C=N–C) groups is 1. The summed E-state index contributed by atoms with van der Waals surface area (Å²) in [6.45, 7) is 6.05. The molecule has 0 aromatic rings. The number of likely N-dealkylation sites (N-methyl/N-ethyl adjacent to an activating group) is 1. The van der Waals surface area contributed by atoms with E-state index in [1.165, 1.54) is 0 Å². The lowest BCUT2D eigenvalue weighted by Gasteiger charge is -2.19. The van der Waals surface area contributed by atoms with Crippen LogP contribution in [0.4, 0.5) is 4.79 Å². The number of carbonyl (C=O) groups excluding carboxylic acids is 2. The van der Waals surface area contributed by atoms with E-state index in [0.717, 1.165) is 19.4 Å². The highest BCUT2D eigenvalue weighted by Gasteiger charge is 2.28. The smallest absolute Gasteiger partial charge is 0.437 e. The summed E-state index contributed by atoms with van der Waals surface area (Å²) in [6.07, 6.45) is 0.935. The van der Waals surface area contributed by atoms with Crippen molar-refractivity contribution >= 4 is 18.0 Å². The Bertz CT molecular complexity index is 387. The van der Waals surface area contributed by atoms with Gasteiger partial charge in [-0.3, -0.25) is 15.0 Å². The number of nitrogens with two attached hydrogens (primary N) is 1. The third-order valence-corrected chi connectivity index (χ3v) is 2.68. The highest BCUT2D eigenvalue weighted by atomic mass is 16.6. The molecule has 1 aliphatic heterocycles. The molecular weight excluding hydrogens is 248 g/mol. The number of hydrogen-bond donors (Lipinski definition) is 2. The first-order chi connectivity index (χ1) is 8.69. The molecule has 0 aliphatic carbocycles. The summed E-state index contributed by atoms with van der Waals surface area (Å²) >= 11 is 0. The van der Waals surface area contributed by atoms with Crippen LogP contribution in [0.2, 0.25) is 0 Å². The summed E-state index contributed by atoms with van der Waals surface area (Å²) in [5.74, 6) is -0.482. The first-order valence-corrected chi connectivity index (χ1v) is 6.27. The molecule has 0 aromatic heterocycles. The van der Waals surface area contributed by atoms with Gasteiger partial charge in [-0.2, -0.15) is 0 Å². The van der Waals surface area contributed by atoms with Gasteiger partial charge in [0.25, 0.3) is 0 Å². The Morgan fingerprint density at radius 2 is 2.05 bits per heavy atom. The molecule has 0 saturated carbocycles. The third-order valence-electron chi connectivity index (χ3n) is 2.68. The molecule has 0 spiro atoms. The van der Waals surface area contributed by atoms with Crippen molar-refractivity contribution in [2.45, 2.75) is 45.3 Å². The molecule has 1 atom stereocenters. The van der Waals surface area contributed by atoms with Crippen LogP contribution < -0.4 is 11.1 Å². The first-order valence-electron chi connectivity index (χ1n) is 6.27. The number of nitrogens with zero attached hydrogens (tertiary/aromatic N) is 2. The quantitative estimate of drug-likeness (QED) is 0.532. The topological polar surface area (TPSA) is 97.0 Å². The zero-order chi connectivity index (χ0) is 14.6. The minimum atomic E-state index is -0.815.